The molecule has 1 heteroatoms. The zero-order valence-electron chi connectivity index (χ0n) is 22.6. The van der Waals surface area contributed by atoms with E-state index >= 15 is 0 Å². The van der Waals surface area contributed by atoms with E-state index in [1.165, 1.54) is 103 Å². The molecule has 0 aromatic carbocycles. The van der Waals surface area contributed by atoms with Crippen LogP contribution < -0.4 is 0 Å². The van der Waals surface area contributed by atoms with Gasteiger partial charge in [-0.25, -0.2) is 0 Å². The fourth-order valence-corrected chi connectivity index (χ4v) is 4.82. The Labute approximate surface area is 193 Å². The molecule has 0 aromatic heterocycles. The topological polar surface area (TPSA) is 3.24 Å². The lowest BCUT2D eigenvalue weighted by atomic mass is 9.90. The summed E-state index contributed by atoms with van der Waals surface area (Å²) < 4.78 is 0. The minimum absolute atomic E-state index is 0.876. The Morgan fingerprint density at radius 1 is 0.400 bits per heavy atom. The zero-order chi connectivity index (χ0) is 22.8. The van der Waals surface area contributed by atoms with Crippen LogP contribution in [0.15, 0.2) is 0 Å². The van der Waals surface area contributed by atoms with Crippen molar-refractivity contribution in [2.45, 2.75) is 138 Å². The summed E-state index contributed by atoms with van der Waals surface area (Å²) >= 11 is 0. The maximum absolute atomic E-state index is 2.49. The first-order chi connectivity index (χ1) is 14.2. The molecule has 0 aliphatic heterocycles. The minimum Gasteiger partial charge on any atom is -0.309 e. The van der Waals surface area contributed by atoms with Gasteiger partial charge in [-0.3, -0.25) is 0 Å². The standard InChI is InChI=1S/C29H61N/c1-25(2)15-11-18-28(5)21-12-19-26(3)16-9-10-17-27(4)20-13-22-29(6)23-14-24-30(7)8/h25-29H,9-24H2,1-8H3. The first-order valence-electron chi connectivity index (χ1n) is 13.8. The van der Waals surface area contributed by atoms with Crippen LogP contribution in [0.3, 0.4) is 0 Å². The lowest BCUT2D eigenvalue weighted by Crippen LogP contribution is -2.13. The van der Waals surface area contributed by atoms with Gasteiger partial charge in [0.15, 0.2) is 0 Å². The Balaban J connectivity index is 3.54. The van der Waals surface area contributed by atoms with Gasteiger partial charge in [-0.1, -0.05) is 125 Å². The molecule has 0 heterocycles. The normalized spacial score (nSPS) is 16.2. The summed E-state index contributed by atoms with van der Waals surface area (Å²) in [6, 6.07) is 0. The largest absolute Gasteiger partial charge is 0.309 e. The third kappa shape index (κ3) is 21.2. The highest BCUT2D eigenvalue weighted by molar-refractivity contribution is 4.62. The fourth-order valence-electron chi connectivity index (χ4n) is 4.82. The predicted octanol–water partition coefficient (Wildman–Crippen LogP) is 9.60. The molecule has 0 rings (SSSR count). The Bertz CT molecular complexity index is 314. The van der Waals surface area contributed by atoms with E-state index in [0.717, 1.165) is 29.6 Å². The van der Waals surface area contributed by atoms with E-state index in [1.54, 1.807) is 0 Å². The van der Waals surface area contributed by atoms with Gasteiger partial charge < -0.3 is 4.90 Å². The highest BCUT2D eigenvalue weighted by Crippen LogP contribution is 2.23. The molecular formula is C29H61N. The van der Waals surface area contributed by atoms with Gasteiger partial charge in [0.25, 0.3) is 0 Å². The number of rotatable bonds is 21. The highest BCUT2D eigenvalue weighted by atomic mass is 15.0. The smallest absolute Gasteiger partial charge is 0.00247 e. The van der Waals surface area contributed by atoms with Gasteiger partial charge in [-0.15, -0.1) is 0 Å². The average Bonchev–Trinajstić information content (AvgIpc) is 2.64. The molecule has 0 N–H and O–H groups in total. The van der Waals surface area contributed by atoms with E-state index in [2.05, 4.69) is 60.5 Å². The molecule has 0 fully saturated rings. The van der Waals surface area contributed by atoms with Gasteiger partial charge in [-0.2, -0.15) is 0 Å². The summed E-state index contributed by atoms with van der Waals surface area (Å²) in [5, 5.41) is 0. The van der Waals surface area contributed by atoms with Crippen molar-refractivity contribution in [2.24, 2.45) is 29.6 Å². The molecule has 0 spiro atoms. The van der Waals surface area contributed by atoms with Gasteiger partial charge >= 0.3 is 0 Å². The molecule has 0 aromatic rings. The lowest BCUT2D eigenvalue weighted by Gasteiger charge is -2.17. The van der Waals surface area contributed by atoms with Crippen LogP contribution in [0.2, 0.25) is 0 Å². The van der Waals surface area contributed by atoms with Crippen LogP contribution in [-0.4, -0.2) is 25.5 Å². The number of unbranched alkanes of at least 4 members (excludes halogenated alkanes) is 1. The summed E-state index contributed by atoms with van der Waals surface area (Å²) in [5.41, 5.74) is 0. The molecule has 0 bridgehead atoms. The van der Waals surface area contributed by atoms with Crippen molar-refractivity contribution in [1.29, 1.82) is 0 Å². The Kier molecular flexibility index (Phi) is 19.6. The average molecular weight is 424 g/mol. The van der Waals surface area contributed by atoms with Crippen LogP contribution in [0, 0.1) is 29.6 Å². The number of hydrogen-bond donors (Lipinski definition) is 0. The Hall–Kier alpha value is -0.0400. The predicted molar refractivity (Wildman–Crippen MR) is 139 cm³/mol. The molecular weight excluding hydrogens is 362 g/mol. The van der Waals surface area contributed by atoms with Crippen LogP contribution in [0.1, 0.15) is 138 Å². The monoisotopic (exact) mass is 423 g/mol. The minimum atomic E-state index is 0.876. The van der Waals surface area contributed by atoms with Crippen molar-refractivity contribution in [3.63, 3.8) is 0 Å². The second-order valence-electron chi connectivity index (χ2n) is 11.8. The van der Waals surface area contributed by atoms with Crippen molar-refractivity contribution in [1.82, 2.24) is 4.90 Å². The number of hydrogen-bond acceptors (Lipinski definition) is 1. The van der Waals surface area contributed by atoms with E-state index in [4.69, 9.17) is 0 Å². The highest BCUT2D eigenvalue weighted by Gasteiger charge is 2.08. The molecule has 0 saturated heterocycles. The molecule has 182 valence electrons. The summed E-state index contributed by atoms with van der Waals surface area (Å²) in [7, 11) is 4.37. The fraction of sp³-hybridized carbons (Fsp3) is 1.00. The summed E-state index contributed by atoms with van der Waals surface area (Å²) in [4.78, 5) is 2.31. The lowest BCUT2D eigenvalue weighted by molar-refractivity contribution is 0.351. The molecule has 0 radical (unpaired) electrons. The second kappa shape index (κ2) is 19.6. The molecule has 1 nitrogen and oxygen atoms in total. The number of nitrogens with zero attached hydrogens (tertiary/aromatic N) is 1. The van der Waals surface area contributed by atoms with Crippen LogP contribution in [0.4, 0.5) is 0 Å². The first kappa shape index (κ1) is 30.0. The van der Waals surface area contributed by atoms with Crippen LogP contribution in [0.5, 0.6) is 0 Å². The van der Waals surface area contributed by atoms with Crippen molar-refractivity contribution in [2.75, 3.05) is 20.6 Å². The van der Waals surface area contributed by atoms with Gasteiger partial charge in [0.1, 0.15) is 0 Å². The van der Waals surface area contributed by atoms with Gasteiger partial charge in [-0.05, 0) is 63.1 Å². The summed E-state index contributed by atoms with van der Waals surface area (Å²) in [6.45, 7) is 15.8. The molecule has 0 amide bonds. The summed E-state index contributed by atoms with van der Waals surface area (Å²) in [5.74, 6) is 4.59. The van der Waals surface area contributed by atoms with Crippen LogP contribution in [0.25, 0.3) is 0 Å². The molecule has 4 unspecified atom stereocenters. The van der Waals surface area contributed by atoms with E-state index in [1.807, 2.05) is 0 Å². The van der Waals surface area contributed by atoms with E-state index in [-0.39, 0.29) is 0 Å². The quantitative estimate of drug-likeness (QED) is 0.166. The van der Waals surface area contributed by atoms with E-state index in [9.17, 15) is 0 Å². The molecule has 30 heavy (non-hydrogen) atoms. The summed E-state index contributed by atoms with van der Waals surface area (Å²) in [6.07, 6.45) is 21.5. The van der Waals surface area contributed by atoms with Crippen molar-refractivity contribution in [3.8, 4) is 0 Å². The van der Waals surface area contributed by atoms with Crippen LogP contribution >= 0.6 is 0 Å². The first-order valence-corrected chi connectivity index (χ1v) is 13.8. The zero-order valence-corrected chi connectivity index (χ0v) is 22.6. The van der Waals surface area contributed by atoms with Crippen LogP contribution in [-0.2, 0) is 0 Å². The van der Waals surface area contributed by atoms with Crippen molar-refractivity contribution < 1.29 is 0 Å². The van der Waals surface area contributed by atoms with Gasteiger partial charge in [0, 0.05) is 0 Å². The second-order valence-corrected chi connectivity index (χ2v) is 11.8. The third-order valence-electron chi connectivity index (χ3n) is 7.21. The molecule has 4 atom stereocenters. The molecule has 0 aliphatic rings. The Morgan fingerprint density at radius 2 is 0.700 bits per heavy atom. The Morgan fingerprint density at radius 3 is 1.03 bits per heavy atom. The molecule has 0 saturated carbocycles. The van der Waals surface area contributed by atoms with Crippen molar-refractivity contribution >= 4 is 0 Å². The van der Waals surface area contributed by atoms with Gasteiger partial charge in [0.2, 0.25) is 0 Å². The van der Waals surface area contributed by atoms with E-state index < -0.39 is 0 Å². The third-order valence-corrected chi connectivity index (χ3v) is 7.21. The molecule has 0 aliphatic carbocycles. The maximum atomic E-state index is 2.49. The van der Waals surface area contributed by atoms with Gasteiger partial charge in [0.05, 0.1) is 0 Å². The van der Waals surface area contributed by atoms with Crippen molar-refractivity contribution in [3.05, 3.63) is 0 Å². The maximum Gasteiger partial charge on any atom is -0.00247 e. The van der Waals surface area contributed by atoms with E-state index in [0.29, 0.717) is 0 Å². The SMILES string of the molecule is CC(C)CCCC(C)CCCC(C)CCCCC(C)CCCC(C)CCCN(C)C.